The van der Waals surface area contributed by atoms with Crippen molar-refractivity contribution in [3.63, 3.8) is 0 Å². The first-order valence-electron chi connectivity index (χ1n) is 12.4. The van der Waals surface area contributed by atoms with Gasteiger partial charge in [0.2, 0.25) is 0 Å². The van der Waals surface area contributed by atoms with Gasteiger partial charge in [0.15, 0.2) is 0 Å². The highest BCUT2D eigenvalue weighted by Crippen LogP contribution is 2.26. The van der Waals surface area contributed by atoms with Gasteiger partial charge in [-0.05, 0) is 31.4 Å². The molecule has 3 nitrogen and oxygen atoms in total. The number of unbranched alkanes of at least 4 members (excludes halogenated alkanes) is 9. The van der Waals surface area contributed by atoms with Crippen LogP contribution in [0.2, 0.25) is 13.1 Å². The fourth-order valence-electron chi connectivity index (χ4n) is 3.82. The van der Waals surface area contributed by atoms with Gasteiger partial charge in [0, 0.05) is 6.61 Å². The zero-order chi connectivity index (χ0) is 23.0. The minimum Gasteiger partial charge on any atom is -0.409 e. The molecule has 2 unspecified atom stereocenters. The van der Waals surface area contributed by atoms with Crippen molar-refractivity contribution < 1.29 is 13.0 Å². The van der Waals surface area contributed by atoms with Crippen molar-refractivity contribution in [2.24, 2.45) is 11.8 Å². The molecule has 0 radical (unpaired) electrons. The van der Waals surface area contributed by atoms with Gasteiger partial charge in [-0.1, -0.05) is 104 Å². The molecular weight excluding hydrogens is 404 g/mol. The minimum atomic E-state index is -2.54. The number of hydrogen-bond acceptors (Lipinski definition) is 3. The molecule has 0 aliphatic heterocycles. The van der Waals surface area contributed by atoms with Gasteiger partial charge in [-0.15, -0.1) is 13.2 Å². The third-order valence-electron chi connectivity index (χ3n) is 5.72. The van der Waals surface area contributed by atoms with Gasteiger partial charge in [-0.3, -0.25) is 0 Å². The van der Waals surface area contributed by atoms with E-state index in [4.69, 9.17) is 13.0 Å². The molecule has 0 saturated heterocycles. The summed E-state index contributed by atoms with van der Waals surface area (Å²) in [5.74, 6) is 0.870. The van der Waals surface area contributed by atoms with Crippen molar-refractivity contribution in [3.8, 4) is 0 Å². The predicted molar refractivity (Wildman–Crippen MR) is 137 cm³/mol. The second-order valence-corrected chi connectivity index (χ2v) is 15.9. The average molecular weight is 457 g/mol. The molecule has 0 heterocycles. The Morgan fingerprint density at radius 3 is 1.53 bits per heavy atom. The van der Waals surface area contributed by atoms with Crippen LogP contribution in [-0.2, 0) is 13.0 Å². The van der Waals surface area contributed by atoms with Crippen LogP contribution in [-0.4, -0.2) is 29.8 Å². The molecule has 0 bridgehead atoms. The molecule has 30 heavy (non-hydrogen) atoms. The van der Waals surface area contributed by atoms with Crippen molar-refractivity contribution >= 4 is 17.1 Å². The zero-order valence-electron chi connectivity index (χ0n) is 21.3. The lowest BCUT2D eigenvalue weighted by Gasteiger charge is -2.38. The van der Waals surface area contributed by atoms with Gasteiger partial charge in [-0.2, -0.15) is 0 Å². The van der Waals surface area contributed by atoms with E-state index in [1.165, 1.54) is 57.8 Å². The van der Waals surface area contributed by atoms with E-state index < -0.39 is 17.1 Å². The molecule has 0 aromatic heterocycles. The molecule has 0 aliphatic carbocycles. The lowest BCUT2D eigenvalue weighted by atomic mass is 9.97. The van der Waals surface area contributed by atoms with Gasteiger partial charge in [0.05, 0.1) is 6.10 Å². The van der Waals surface area contributed by atoms with Crippen LogP contribution in [0.25, 0.3) is 0 Å². The Labute approximate surface area is 191 Å². The highest BCUT2D eigenvalue weighted by atomic mass is 28.5. The standard InChI is InChI=1S/C25H52O3Si2/c1-10-13-14-15-16-17-18-19-20-21-22-26-29(8,11-2)28-30(9,12-3)27-25(23(4)5)24(6)7/h11-12,23-25H,2-3,10,13-22H2,1,4-9H3. The van der Waals surface area contributed by atoms with Gasteiger partial charge in [-0.25, -0.2) is 0 Å². The van der Waals surface area contributed by atoms with E-state index in [0.717, 1.165) is 13.0 Å². The van der Waals surface area contributed by atoms with Gasteiger partial charge in [0.25, 0.3) is 0 Å². The summed E-state index contributed by atoms with van der Waals surface area (Å²) >= 11 is 0. The third kappa shape index (κ3) is 13.3. The smallest absolute Gasteiger partial charge is 0.352 e. The Hall–Kier alpha value is -0.206. The van der Waals surface area contributed by atoms with Gasteiger partial charge in [0.1, 0.15) is 0 Å². The average Bonchev–Trinajstić information content (AvgIpc) is 2.70. The van der Waals surface area contributed by atoms with Crippen molar-refractivity contribution in [2.75, 3.05) is 6.61 Å². The Balaban J connectivity index is 4.34. The van der Waals surface area contributed by atoms with Crippen molar-refractivity contribution in [1.82, 2.24) is 0 Å². The normalized spacial score (nSPS) is 16.1. The molecule has 2 atom stereocenters. The van der Waals surface area contributed by atoms with E-state index in [9.17, 15) is 0 Å². The molecule has 0 spiro atoms. The molecule has 0 amide bonds. The lowest BCUT2D eigenvalue weighted by Crippen LogP contribution is -2.53. The molecule has 0 aromatic carbocycles. The van der Waals surface area contributed by atoms with E-state index >= 15 is 0 Å². The summed E-state index contributed by atoms with van der Waals surface area (Å²) < 4.78 is 19.3. The van der Waals surface area contributed by atoms with E-state index in [0.29, 0.717) is 11.8 Å². The van der Waals surface area contributed by atoms with E-state index in [-0.39, 0.29) is 6.10 Å². The van der Waals surface area contributed by atoms with Gasteiger partial charge < -0.3 is 13.0 Å². The summed E-state index contributed by atoms with van der Waals surface area (Å²) in [6.07, 6.45) is 13.4. The van der Waals surface area contributed by atoms with Crippen LogP contribution in [0.5, 0.6) is 0 Å². The SMILES string of the molecule is C=C[Si](C)(OCCCCCCCCCCCC)O[Si](C)(C=C)OC(C(C)C)C(C)C. The summed E-state index contributed by atoms with van der Waals surface area (Å²) in [7, 11) is -5.02. The molecule has 0 N–H and O–H groups in total. The molecule has 0 saturated carbocycles. The molecule has 0 rings (SSSR count). The van der Waals surface area contributed by atoms with Crippen LogP contribution in [0.4, 0.5) is 0 Å². The Kier molecular flexibility index (Phi) is 16.3. The number of rotatable bonds is 20. The van der Waals surface area contributed by atoms with Crippen LogP contribution in [0.1, 0.15) is 98.8 Å². The predicted octanol–water partition coefficient (Wildman–Crippen LogP) is 8.23. The van der Waals surface area contributed by atoms with E-state index in [2.05, 4.69) is 60.9 Å². The van der Waals surface area contributed by atoms with E-state index in [1.54, 1.807) is 0 Å². The third-order valence-corrected chi connectivity index (χ3v) is 12.0. The van der Waals surface area contributed by atoms with Gasteiger partial charge >= 0.3 is 17.1 Å². The largest absolute Gasteiger partial charge is 0.409 e. The second kappa shape index (κ2) is 16.4. The first-order chi connectivity index (χ1) is 14.1. The maximum absolute atomic E-state index is 6.54. The Morgan fingerprint density at radius 2 is 1.13 bits per heavy atom. The first kappa shape index (κ1) is 29.8. The molecule has 0 aliphatic rings. The summed E-state index contributed by atoms with van der Waals surface area (Å²) in [5.41, 5.74) is 3.78. The second-order valence-electron chi connectivity index (χ2n) is 9.64. The van der Waals surface area contributed by atoms with Crippen molar-refractivity contribution in [1.29, 1.82) is 0 Å². The van der Waals surface area contributed by atoms with Crippen LogP contribution in [0.3, 0.4) is 0 Å². The molecule has 178 valence electrons. The molecule has 0 aromatic rings. The fraction of sp³-hybridized carbons (Fsp3) is 0.840. The fourth-order valence-corrected chi connectivity index (χ4v) is 9.99. The zero-order valence-corrected chi connectivity index (χ0v) is 23.3. The topological polar surface area (TPSA) is 27.7 Å². The highest BCUT2D eigenvalue weighted by molar-refractivity contribution is 6.84. The quantitative estimate of drug-likeness (QED) is 0.136. The molecule has 5 heteroatoms. The van der Waals surface area contributed by atoms with E-state index in [1.807, 2.05) is 11.4 Å². The number of hydrogen-bond donors (Lipinski definition) is 0. The van der Waals surface area contributed by atoms with Crippen LogP contribution in [0, 0.1) is 11.8 Å². The van der Waals surface area contributed by atoms with Crippen LogP contribution in [0.15, 0.2) is 24.6 Å². The molecule has 0 fully saturated rings. The van der Waals surface area contributed by atoms with Crippen molar-refractivity contribution in [3.05, 3.63) is 24.6 Å². The lowest BCUT2D eigenvalue weighted by molar-refractivity contribution is 0.0718. The summed E-state index contributed by atoms with van der Waals surface area (Å²) in [5, 5.41) is 0. The Bertz CT molecular complexity index is 448. The summed E-state index contributed by atoms with van der Waals surface area (Å²) in [4.78, 5) is 0. The van der Waals surface area contributed by atoms with Crippen molar-refractivity contribution in [2.45, 2.75) is 118 Å². The maximum atomic E-state index is 6.54. The van der Waals surface area contributed by atoms with Crippen LogP contribution >= 0.6 is 0 Å². The minimum absolute atomic E-state index is 0.157. The maximum Gasteiger partial charge on any atom is 0.352 e. The first-order valence-corrected chi connectivity index (χ1v) is 17.2. The molecular formula is C25H52O3Si2. The Morgan fingerprint density at radius 1 is 0.700 bits per heavy atom. The summed E-state index contributed by atoms with van der Waals surface area (Å²) in [6, 6.07) is 0. The highest BCUT2D eigenvalue weighted by Gasteiger charge is 2.42. The monoisotopic (exact) mass is 456 g/mol. The van der Waals surface area contributed by atoms with Crippen LogP contribution < -0.4 is 0 Å². The summed E-state index contributed by atoms with van der Waals surface area (Å²) in [6.45, 7) is 24.0.